The highest BCUT2D eigenvalue weighted by atomic mass is 32.2. The average Bonchev–Trinajstić information content (AvgIpc) is 2.74. The molecule has 1 amide bonds. The number of nitrogens with zero attached hydrogens (tertiary/aromatic N) is 2. The second-order valence-corrected chi connectivity index (χ2v) is 8.91. The molecule has 1 fully saturated rings. The zero-order valence-electron chi connectivity index (χ0n) is 16.7. The monoisotopic (exact) mass is 418 g/mol. The Morgan fingerprint density at radius 2 is 1.76 bits per heavy atom. The van der Waals surface area contributed by atoms with Crippen molar-refractivity contribution in [3.63, 3.8) is 0 Å². The lowest BCUT2D eigenvalue weighted by Gasteiger charge is -2.26. The number of hydrogen-bond acceptors (Lipinski definition) is 5. The predicted octanol–water partition coefficient (Wildman–Crippen LogP) is 2.13. The van der Waals surface area contributed by atoms with E-state index in [1.54, 1.807) is 43.3 Å². The van der Waals surface area contributed by atoms with E-state index in [0.717, 1.165) is 11.3 Å². The fraction of sp³-hybridized carbons (Fsp3) is 0.381. The Balaban J connectivity index is 1.65. The van der Waals surface area contributed by atoms with E-state index in [0.29, 0.717) is 44.0 Å². The van der Waals surface area contributed by atoms with Gasteiger partial charge in [0, 0.05) is 37.8 Å². The molecule has 1 aliphatic heterocycles. The highest BCUT2D eigenvalue weighted by molar-refractivity contribution is 7.88. The Hall–Kier alpha value is -2.42. The predicted molar refractivity (Wildman–Crippen MR) is 110 cm³/mol. The Labute approximate surface area is 171 Å². The van der Waals surface area contributed by atoms with E-state index in [4.69, 9.17) is 9.47 Å². The van der Waals surface area contributed by atoms with E-state index >= 15 is 0 Å². The van der Waals surface area contributed by atoms with Crippen molar-refractivity contribution in [1.82, 2.24) is 9.21 Å². The van der Waals surface area contributed by atoms with E-state index in [9.17, 15) is 13.2 Å². The highest BCUT2D eigenvalue weighted by Gasteiger charge is 2.24. The minimum atomic E-state index is -3.39. The lowest BCUT2D eigenvalue weighted by Crippen LogP contribution is -2.41. The minimum Gasteiger partial charge on any atom is -0.496 e. The topological polar surface area (TPSA) is 76.2 Å². The second-order valence-electron chi connectivity index (χ2n) is 6.94. The number of hydrogen-bond donors (Lipinski definition) is 0. The maximum absolute atomic E-state index is 12.7. The lowest BCUT2D eigenvalue weighted by atomic mass is 10.1. The third-order valence-electron chi connectivity index (χ3n) is 4.86. The quantitative estimate of drug-likeness (QED) is 0.689. The van der Waals surface area contributed by atoms with Crippen LogP contribution < -0.4 is 4.74 Å². The molecule has 0 saturated carbocycles. The Kier molecular flexibility index (Phi) is 6.89. The average molecular weight is 419 g/mol. The zero-order valence-corrected chi connectivity index (χ0v) is 17.5. The van der Waals surface area contributed by atoms with Crippen molar-refractivity contribution < 1.29 is 22.7 Å². The molecule has 0 aromatic heterocycles. The van der Waals surface area contributed by atoms with E-state index in [1.165, 1.54) is 4.31 Å². The molecule has 0 bridgehead atoms. The summed E-state index contributed by atoms with van der Waals surface area (Å²) in [5.74, 6) is 0.507. The van der Waals surface area contributed by atoms with Crippen molar-refractivity contribution in [2.45, 2.75) is 12.3 Å². The van der Waals surface area contributed by atoms with E-state index < -0.39 is 10.0 Å². The number of morpholine rings is 1. The van der Waals surface area contributed by atoms with Crippen LogP contribution >= 0.6 is 0 Å². The number of sulfonamides is 1. The summed E-state index contributed by atoms with van der Waals surface area (Å²) in [6, 6.07) is 14.3. The maximum Gasteiger partial charge on any atom is 0.253 e. The molecule has 7 nitrogen and oxygen atoms in total. The van der Waals surface area contributed by atoms with Crippen LogP contribution in [0.2, 0.25) is 0 Å². The van der Waals surface area contributed by atoms with Gasteiger partial charge in [0.15, 0.2) is 0 Å². The number of carbonyl (C=O) groups excluding carboxylic acids is 1. The van der Waals surface area contributed by atoms with E-state index in [1.807, 2.05) is 24.3 Å². The van der Waals surface area contributed by atoms with Crippen LogP contribution in [0.5, 0.6) is 5.75 Å². The van der Waals surface area contributed by atoms with Crippen molar-refractivity contribution in [2.75, 3.05) is 40.5 Å². The van der Waals surface area contributed by atoms with Gasteiger partial charge in [-0.05, 0) is 23.8 Å². The van der Waals surface area contributed by atoms with Gasteiger partial charge in [-0.2, -0.15) is 4.31 Å². The van der Waals surface area contributed by atoms with Crippen LogP contribution in [0, 0.1) is 0 Å². The molecular formula is C21H26N2O5S. The number of methoxy groups -OCH3 is 1. The van der Waals surface area contributed by atoms with Crippen molar-refractivity contribution in [2.24, 2.45) is 0 Å². The van der Waals surface area contributed by atoms with Crippen LogP contribution in [0.4, 0.5) is 0 Å². The molecule has 1 aliphatic rings. The molecule has 2 aromatic rings. The van der Waals surface area contributed by atoms with Gasteiger partial charge in [-0.15, -0.1) is 0 Å². The molecular weight excluding hydrogens is 392 g/mol. The number of benzene rings is 2. The number of para-hydroxylation sites is 1. The van der Waals surface area contributed by atoms with Gasteiger partial charge >= 0.3 is 0 Å². The minimum absolute atomic E-state index is 0.0848. The number of carbonyl (C=O) groups is 1. The van der Waals surface area contributed by atoms with Gasteiger partial charge in [0.05, 0.1) is 26.1 Å². The molecule has 0 aliphatic carbocycles. The van der Waals surface area contributed by atoms with Gasteiger partial charge in [-0.1, -0.05) is 30.3 Å². The first kappa shape index (κ1) is 21.3. The molecule has 0 N–H and O–H groups in total. The van der Waals surface area contributed by atoms with Crippen LogP contribution in [0.15, 0.2) is 48.5 Å². The van der Waals surface area contributed by atoms with Crippen molar-refractivity contribution in [3.05, 3.63) is 65.2 Å². The van der Waals surface area contributed by atoms with E-state index in [2.05, 4.69) is 0 Å². The van der Waals surface area contributed by atoms with Crippen molar-refractivity contribution in [1.29, 1.82) is 0 Å². The smallest absolute Gasteiger partial charge is 0.253 e. The van der Waals surface area contributed by atoms with Crippen LogP contribution in [0.25, 0.3) is 0 Å². The first-order valence-electron chi connectivity index (χ1n) is 9.42. The van der Waals surface area contributed by atoms with Gasteiger partial charge in [-0.3, -0.25) is 4.79 Å². The first-order valence-corrected chi connectivity index (χ1v) is 11.0. The van der Waals surface area contributed by atoms with Gasteiger partial charge in [0.2, 0.25) is 10.0 Å². The summed E-state index contributed by atoms with van der Waals surface area (Å²) >= 11 is 0. The standard InChI is InChI=1S/C21H26N2O5S/c1-22(15-19-5-3-4-6-20(19)27-2)21(24)18-9-7-17(8-10-18)16-29(25,26)23-11-13-28-14-12-23/h3-10H,11-16H2,1-2H3. The maximum atomic E-state index is 12.7. The molecule has 0 spiro atoms. The van der Waals surface area contributed by atoms with Crippen LogP contribution in [0.3, 0.4) is 0 Å². The molecule has 156 valence electrons. The zero-order chi connectivity index (χ0) is 20.9. The molecule has 3 rings (SSSR count). The fourth-order valence-corrected chi connectivity index (χ4v) is 4.75. The lowest BCUT2D eigenvalue weighted by molar-refractivity contribution is 0.0729. The summed E-state index contributed by atoms with van der Waals surface area (Å²) in [6.07, 6.45) is 0. The van der Waals surface area contributed by atoms with Crippen LogP contribution in [-0.4, -0.2) is 64.0 Å². The molecule has 0 radical (unpaired) electrons. The van der Waals surface area contributed by atoms with Crippen LogP contribution in [-0.2, 0) is 27.1 Å². The van der Waals surface area contributed by atoms with Gasteiger partial charge in [-0.25, -0.2) is 8.42 Å². The number of amides is 1. The molecule has 1 heterocycles. The van der Waals surface area contributed by atoms with Crippen LogP contribution in [0.1, 0.15) is 21.5 Å². The normalized spacial score (nSPS) is 15.1. The summed E-state index contributed by atoms with van der Waals surface area (Å²) in [5.41, 5.74) is 2.08. The van der Waals surface area contributed by atoms with Gasteiger partial charge in [0.25, 0.3) is 5.91 Å². The molecule has 29 heavy (non-hydrogen) atoms. The summed E-state index contributed by atoms with van der Waals surface area (Å²) in [4.78, 5) is 14.3. The third-order valence-corrected chi connectivity index (χ3v) is 6.71. The van der Waals surface area contributed by atoms with E-state index in [-0.39, 0.29) is 11.7 Å². The molecule has 0 unspecified atom stereocenters. The first-order chi connectivity index (χ1) is 13.9. The fourth-order valence-electron chi connectivity index (χ4n) is 3.25. The third kappa shape index (κ3) is 5.35. The number of ether oxygens (including phenoxy) is 2. The van der Waals surface area contributed by atoms with Gasteiger partial charge in [0.1, 0.15) is 5.75 Å². The second kappa shape index (κ2) is 9.39. The van der Waals surface area contributed by atoms with Crippen molar-refractivity contribution >= 4 is 15.9 Å². The summed E-state index contributed by atoms with van der Waals surface area (Å²) in [7, 11) is -0.0608. The Morgan fingerprint density at radius 3 is 2.41 bits per heavy atom. The highest BCUT2D eigenvalue weighted by Crippen LogP contribution is 2.20. The molecule has 2 aromatic carbocycles. The summed E-state index contributed by atoms with van der Waals surface area (Å²) < 4.78 is 37.1. The molecule has 0 atom stereocenters. The summed E-state index contributed by atoms with van der Waals surface area (Å²) in [5, 5.41) is 0. The summed E-state index contributed by atoms with van der Waals surface area (Å²) in [6.45, 7) is 2.02. The SMILES string of the molecule is COc1ccccc1CN(C)C(=O)c1ccc(CS(=O)(=O)N2CCOCC2)cc1. The van der Waals surface area contributed by atoms with Gasteiger partial charge < -0.3 is 14.4 Å². The number of rotatable bonds is 7. The Morgan fingerprint density at radius 1 is 1.10 bits per heavy atom. The Bertz CT molecular complexity index is 938. The largest absolute Gasteiger partial charge is 0.496 e. The van der Waals surface area contributed by atoms with Crippen molar-refractivity contribution in [3.8, 4) is 5.75 Å². The molecule has 1 saturated heterocycles. The molecule has 8 heteroatoms.